The molecule has 212 valence electrons. The van der Waals surface area contributed by atoms with E-state index in [1.54, 1.807) is 0 Å². The molecule has 1 aliphatic carbocycles. The first kappa shape index (κ1) is 25.5. The predicted molar refractivity (Wildman–Crippen MR) is 182 cm³/mol. The Balaban J connectivity index is 1.10. The fourth-order valence-corrected chi connectivity index (χ4v) is 6.70. The average Bonchev–Trinajstić information content (AvgIpc) is 3.51. The van der Waals surface area contributed by atoms with Crippen LogP contribution < -0.4 is 5.32 Å². The van der Waals surface area contributed by atoms with Crippen molar-refractivity contribution in [3.05, 3.63) is 185 Å². The maximum absolute atomic E-state index is 5.05. The standard InChI is InChI=1S/C40H27N5/c1-3-11-26(12-4-1)37-43-38(27-13-5-2-6-14-27)45-39(44-37)28-21-19-25(20-22-28)33-23-34-35(32-18-10-9-17-31(32)33)36-30-16-8-7-15-29(30)24-41-40(36)42-34/h1-24,35,37H,(H,43,44,45). The van der Waals surface area contributed by atoms with Crippen molar-refractivity contribution in [2.24, 2.45) is 15.0 Å². The van der Waals surface area contributed by atoms with Gasteiger partial charge in [0, 0.05) is 28.3 Å². The Morgan fingerprint density at radius 2 is 1.31 bits per heavy atom. The molecule has 0 saturated carbocycles. The third-order valence-corrected chi connectivity index (χ3v) is 8.85. The topological polar surface area (TPSA) is 62.0 Å². The van der Waals surface area contributed by atoms with E-state index in [9.17, 15) is 0 Å². The number of hydrogen-bond donors (Lipinski definition) is 1. The van der Waals surface area contributed by atoms with Crippen LogP contribution in [0.2, 0.25) is 0 Å². The van der Waals surface area contributed by atoms with Gasteiger partial charge in [-0.1, -0.05) is 133 Å². The van der Waals surface area contributed by atoms with Gasteiger partial charge in [-0.2, -0.15) is 0 Å². The zero-order valence-corrected chi connectivity index (χ0v) is 24.3. The minimum atomic E-state index is -0.231. The molecule has 9 rings (SSSR count). The SMILES string of the molecule is C1=C(c2ccc(C3=NC(c4ccccc4)=NC(c4ccccc4)N3)cc2)c2ccccc2C2C1=Nc1ncc3ccccc3c12. The third-order valence-electron chi connectivity index (χ3n) is 8.85. The minimum absolute atomic E-state index is 0.0734. The largest absolute Gasteiger partial charge is 0.344 e. The number of nitrogens with zero attached hydrogens (tertiary/aromatic N) is 4. The second-order valence-electron chi connectivity index (χ2n) is 11.5. The predicted octanol–water partition coefficient (Wildman–Crippen LogP) is 8.39. The molecule has 5 aromatic carbocycles. The average molecular weight is 578 g/mol. The Kier molecular flexibility index (Phi) is 5.88. The number of benzene rings is 5. The summed E-state index contributed by atoms with van der Waals surface area (Å²) in [5, 5.41) is 5.94. The zero-order chi connectivity index (χ0) is 29.7. The fraction of sp³-hybridized carbons (Fsp3) is 0.0500. The van der Waals surface area contributed by atoms with Crippen LogP contribution in [0.25, 0.3) is 16.3 Å². The van der Waals surface area contributed by atoms with Gasteiger partial charge >= 0.3 is 0 Å². The number of rotatable bonds is 4. The highest BCUT2D eigenvalue weighted by atomic mass is 15.2. The van der Waals surface area contributed by atoms with Crippen LogP contribution in [0.5, 0.6) is 0 Å². The van der Waals surface area contributed by atoms with Crippen LogP contribution in [-0.2, 0) is 0 Å². The number of nitrogens with one attached hydrogen (secondary N) is 1. The summed E-state index contributed by atoms with van der Waals surface area (Å²) in [5.41, 5.74) is 10.1. The summed E-state index contributed by atoms with van der Waals surface area (Å²) < 4.78 is 0. The maximum Gasteiger partial charge on any atom is 0.159 e. The highest BCUT2D eigenvalue weighted by Gasteiger charge is 2.35. The second kappa shape index (κ2) is 10.4. The van der Waals surface area contributed by atoms with Crippen molar-refractivity contribution in [1.82, 2.24) is 10.3 Å². The van der Waals surface area contributed by atoms with Crippen LogP contribution >= 0.6 is 0 Å². The first-order valence-electron chi connectivity index (χ1n) is 15.2. The molecule has 3 aliphatic rings. The molecule has 1 N–H and O–H groups in total. The van der Waals surface area contributed by atoms with Gasteiger partial charge in [0.1, 0.15) is 12.0 Å². The van der Waals surface area contributed by atoms with Gasteiger partial charge in [-0.25, -0.2) is 20.0 Å². The summed E-state index contributed by atoms with van der Waals surface area (Å²) in [6.45, 7) is 0. The van der Waals surface area contributed by atoms with Crippen molar-refractivity contribution < 1.29 is 0 Å². The van der Waals surface area contributed by atoms with Crippen molar-refractivity contribution in [3.8, 4) is 0 Å². The van der Waals surface area contributed by atoms with Crippen LogP contribution in [0.1, 0.15) is 51.0 Å². The summed E-state index contributed by atoms with van der Waals surface area (Å²) in [7, 11) is 0. The van der Waals surface area contributed by atoms with Crippen LogP contribution in [0.15, 0.2) is 161 Å². The van der Waals surface area contributed by atoms with Gasteiger partial charge in [-0.3, -0.25) is 0 Å². The van der Waals surface area contributed by atoms with Gasteiger partial charge in [-0.05, 0) is 39.3 Å². The lowest BCUT2D eigenvalue weighted by atomic mass is 9.77. The number of fused-ring (bicyclic) bond motifs is 7. The molecule has 5 heteroatoms. The summed E-state index contributed by atoms with van der Waals surface area (Å²) in [6.07, 6.45) is 3.95. The van der Waals surface area contributed by atoms with E-state index in [1.807, 2.05) is 42.6 Å². The molecule has 0 spiro atoms. The van der Waals surface area contributed by atoms with Gasteiger partial charge in [0.05, 0.1) is 11.6 Å². The molecule has 0 amide bonds. The highest BCUT2D eigenvalue weighted by Crippen LogP contribution is 2.48. The molecule has 3 heterocycles. The van der Waals surface area contributed by atoms with Crippen LogP contribution in [-0.4, -0.2) is 22.4 Å². The lowest BCUT2D eigenvalue weighted by Crippen LogP contribution is -2.33. The van der Waals surface area contributed by atoms with Crippen molar-refractivity contribution in [1.29, 1.82) is 0 Å². The summed E-state index contributed by atoms with van der Waals surface area (Å²) >= 11 is 0. The smallest absolute Gasteiger partial charge is 0.159 e. The quantitative estimate of drug-likeness (QED) is 0.229. The van der Waals surface area contributed by atoms with Crippen molar-refractivity contribution >= 4 is 39.5 Å². The molecule has 0 radical (unpaired) electrons. The van der Waals surface area contributed by atoms with Crippen LogP contribution in [0.4, 0.5) is 5.82 Å². The fourth-order valence-electron chi connectivity index (χ4n) is 6.70. The van der Waals surface area contributed by atoms with E-state index in [-0.39, 0.29) is 12.1 Å². The van der Waals surface area contributed by atoms with Gasteiger partial charge in [0.15, 0.2) is 11.7 Å². The second-order valence-corrected chi connectivity index (χ2v) is 11.5. The Labute approximate surface area is 261 Å². The number of pyridine rings is 1. The molecule has 45 heavy (non-hydrogen) atoms. The van der Waals surface area contributed by atoms with E-state index in [4.69, 9.17) is 20.0 Å². The zero-order valence-electron chi connectivity index (χ0n) is 24.3. The van der Waals surface area contributed by atoms with E-state index >= 15 is 0 Å². The molecule has 5 nitrogen and oxygen atoms in total. The maximum atomic E-state index is 5.05. The molecule has 0 saturated heterocycles. The molecule has 0 fully saturated rings. The number of allylic oxidation sites excluding steroid dienone is 1. The Morgan fingerprint density at radius 3 is 2.16 bits per heavy atom. The molecule has 0 bridgehead atoms. The number of amidine groups is 2. The normalized spacial score (nSPS) is 18.0. The molecular weight excluding hydrogens is 550 g/mol. The van der Waals surface area contributed by atoms with Crippen molar-refractivity contribution in [2.75, 3.05) is 0 Å². The van der Waals surface area contributed by atoms with E-state index < -0.39 is 0 Å². The Bertz CT molecular complexity index is 2230. The summed E-state index contributed by atoms with van der Waals surface area (Å²) in [4.78, 5) is 19.8. The Hall–Kier alpha value is -5.94. The van der Waals surface area contributed by atoms with E-state index in [1.165, 1.54) is 22.1 Å². The third kappa shape index (κ3) is 4.32. The highest BCUT2D eigenvalue weighted by molar-refractivity contribution is 6.18. The van der Waals surface area contributed by atoms with Crippen LogP contribution in [0, 0.1) is 0 Å². The molecule has 2 atom stereocenters. The molecule has 1 aromatic heterocycles. The lowest BCUT2D eigenvalue weighted by Gasteiger charge is -2.26. The Morgan fingerprint density at radius 1 is 0.600 bits per heavy atom. The van der Waals surface area contributed by atoms with E-state index in [0.717, 1.165) is 56.4 Å². The number of aromatic nitrogens is 1. The van der Waals surface area contributed by atoms with Gasteiger partial charge in [0.25, 0.3) is 0 Å². The van der Waals surface area contributed by atoms with Crippen LogP contribution in [0.3, 0.4) is 0 Å². The molecule has 2 aliphatic heterocycles. The lowest BCUT2D eigenvalue weighted by molar-refractivity contribution is 0.674. The van der Waals surface area contributed by atoms with Gasteiger partial charge in [0.2, 0.25) is 0 Å². The number of aliphatic imine (C=N–C) groups is 3. The van der Waals surface area contributed by atoms with E-state index in [0.29, 0.717) is 0 Å². The molecule has 2 unspecified atom stereocenters. The van der Waals surface area contributed by atoms with Gasteiger partial charge < -0.3 is 5.32 Å². The van der Waals surface area contributed by atoms with Crippen molar-refractivity contribution in [2.45, 2.75) is 12.1 Å². The van der Waals surface area contributed by atoms with Gasteiger partial charge in [-0.15, -0.1) is 0 Å². The first-order chi connectivity index (χ1) is 22.3. The summed E-state index contributed by atoms with van der Waals surface area (Å²) in [6, 6.07) is 46.3. The monoisotopic (exact) mass is 577 g/mol. The molecule has 6 aromatic rings. The number of hydrogen-bond acceptors (Lipinski definition) is 5. The van der Waals surface area contributed by atoms with E-state index in [2.05, 4.69) is 108 Å². The van der Waals surface area contributed by atoms with Crippen molar-refractivity contribution in [3.63, 3.8) is 0 Å². The minimum Gasteiger partial charge on any atom is -0.344 e. The molecular formula is C40H27N5. The summed E-state index contributed by atoms with van der Waals surface area (Å²) in [5.74, 6) is 2.42. The first-order valence-corrected chi connectivity index (χ1v) is 15.2.